The second-order valence-corrected chi connectivity index (χ2v) is 4.57. The average molecular weight is 267 g/mol. The maximum absolute atomic E-state index is 13.2. The summed E-state index contributed by atoms with van der Waals surface area (Å²) in [4.78, 5) is 14.9. The number of phenols is 1. The molecular formula is C11H10FN3O2S. The number of rotatable bonds is 4. The van der Waals surface area contributed by atoms with Gasteiger partial charge in [0.1, 0.15) is 5.78 Å². The lowest BCUT2D eigenvalue weighted by molar-refractivity contribution is -0.114. The fraction of sp³-hybridized carbons (Fsp3) is 0.182. The quantitative estimate of drug-likeness (QED) is 0.828. The molecule has 0 atom stereocenters. The van der Waals surface area contributed by atoms with Crippen molar-refractivity contribution in [2.24, 2.45) is 0 Å². The van der Waals surface area contributed by atoms with Crippen molar-refractivity contribution in [3.63, 3.8) is 0 Å². The minimum atomic E-state index is -0.721. The van der Waals surface area contributed by atoms with E-state index in [-0.39, 0.29) is 5.78 Å². The maximum Gasteiger partial charge on any atom is 0.209 e. The summed E-state index contributed by atoms with van der Waals surface area (Å²) in [5.41, 5.74) is 0.479. The predicted molar refractivity (Wildman–Crippen MR) is 64.8 cm³/mol. The third-order valence-electron chi connectivity index (χ3n) is 2.09. The van der Waals surface area contributed by atoms with Gasteiger partial charge in [-0.25, -0.2) is 9.37 Å². The number of carbonyl (C=O) groups is 1. The Morgan fingerprint density at radius 3 is 3.00 bits per heavy atom. The molecule has 2 aromatic rings. The number of aromatic amines is 1. The molecule has 0 unspecified atom stereocenters. The molecule has 2 N–H and O–H groups in total. The molecule has 0 amide bonds. The maximum atomic E-state index is 13.2. The van der Waals surface area contributed by atoms with Crippen molar-refractivity contribution in [2.75, 3.05) is 5.75 Å². The van der Waals surface area contributed by atoms with E-state index < -0.39 is 11.6 Å². The number of halogens is 1. The number of thioether (sulfide) groups is 1. The first-order valence-corrected chi connectivity index (χ1v) is 6.08. The van der Waals surface area contributed by atoms with Crippen LogP contribution in [0, 0.1) is 5.82 Å². The van der Waals surface area contributed by atoms with Crippen LogP contribution in [0.4, 0.5) is 4.39 Å². The Balaban J connectivity index is 2.18. The van der Waals surface area contributed by atoms with Crippen molar-refractivity contribution in [1.29, 1.82) is 0 Å². The van der Waals surface area contributed by atoms with E-state index >= 15 is 0 Å². The van der Waals surface area contributed by atoms with Gasteiger partial charge in [0.05, 0.1) is 5.75 Å². The molecule has 2 rings (SSSR count). The smallest absolute Gasteiger partial charge is 0.209 e. The Labute approximate surface area is 106 Å². The molecule has 0 radical (unpaired) electrons. The summed E-state index contributed by atoms with van der Waals surface area (Å²) < 4.78 is 13.2. The minimum absolute atomic E-state index is 0.0297. The second-order valence-electron chi connectivity index (χ2n) is 3.62. The van der Waals surface area contributed by atoms with Gasteiger partial charge in [0.2, 0.25) is 5.16 Å². The SMILES string of the molecule is CC(=O)CSc1n[nH]c(-c2ccc(O)c(F)c2)n1. The second kappa shape index (κ2) is 5.18. The first-order valence-electron chi connectivity index (χ1n) is 5.10. The van der Waals surface area contributed by atoms with Crippen LogP contribution in [-0.2, 0) is 4.79 Å². The predicted octanol–water partition coefficient (Wildman–Crippen LogP) is 2.00. The molecule has 18 heavy (non-hydrogen) atoms. The standard InChI is InChI=1S/C11H10FN3O2S/c1-6(16)5-18-11-13-10(14-15-11)7-2-3-9(17)8(12)4-7/h2-4,17H,5H2,1H3,(H,13,14,15). The zero-order valence-corrected chi connectivity index (χ0v) is 10.3. The highest BCUT2D eigenvalue weighted by atomic mass is 32.2. The zero-order valence-electron chi connectivity index (χ0n) is 9.48. The number of carbonyl (C=O) groups excluding carboxylic acids is 1. The monoisotopic (exact) mass is 267 g/mol. The Hall–Kier alpha value is -1.89. The number of aromatic nitrogens is 3. The Kier molecular flexibility index (Phi) is 3.61. The van der Waals surface area contributed by atoms with Crippen molar-refractivity contribution in [3.05, 3.63) is 24.0 Å². The molecule has 1 heterocycles. The van der Waals surface area contributed by atoms with E-state index in [0.717, 1.165) is 6.07 Å². The molecule has 1 aromatic heterocycles. The van der Waals surface area contributed by atoms with Crippen LogP contribution < -0.4 is 0 Å². The molecule has 0 saturated carbocycles. The van der Waals surface area contributed by atoms with Crippen LogP contribution in [-0.4, -0.2) is 31.8 Å². The summed E-state index contributed by atoms with van der Waals surface area (Å²) in [6, 6.07) is 3.93. The summed E-state index contributed by atoms with van der Waals surface area (Å²) in [7, 11) is 0. The van der Waals surface area contributed by atoms with Crippen molar-refractivity contribution < 1.29 is 14.3 Å². The van der Waals surface area contributed by atoms with Crippen LogP contribution in [0.2, 0.25) is 0 Å². The molecular weight excluding hydrogens is 257 g/mol. The summed E-state index contributed by atoms with van der Waals surface area (Å²) in [6.07, 6.45) is 0. The summed E-state index contributed by atoms with van der Waals surface area (Å²) in [6.45, 7) is 1.48. The first kappa shape index (κ1) is 12.6. The Morgan fingerprint density at radius 2 is 2.33 bits per heavy atom. The summed E-state index contributed by atoms with van der Waals surface area (Å²) in [5, 5.41) is 16.1. The highest BCUT2D eigenvalue weighted by molar-refractivity contribution is 7.99. The van der Waals surface area contributed by atoms with E-state index in [1.54, 1.807) is 0 Å². The van der Waals surface area contributed by atoms with E-state index in [4.69, 9.17) is 5.11 Å². The topological polar surface area (TPSA) is 78.9 Å². The number of nitrogens with one attached hydrogen (secondary N) is 1. The van der Waals surface area contributed by atoms with Gasteiger partial charge >= 0.3 is 0 Å². The highest BCUT2D eigenvalue weighted by Gasteiger charge is 2.09. The highest BCUT2D eigenvalue weighted by Crippen LogP contribution is 2.23. The van der Waals surface area contributed by atoms with Gasteiger partial charge in [-0.05, 0) is 25.1 Å². The van der Waals surface area contributed by atoms with Crippen molar-refractivity contribution in [1.82, 2.24) is 15.2 Å². The van der Waals surface area contributed by atoms with Gasteiger partial charge < -0.3 is 5.11 Å². The van der Waals surface area contributed by atoms with Gasteiger partial charge in [0, 0.05) is 5.56 Å². The lowest BCUT2D eigenvalue weighted by Crippen LogP contribution is -1.93. The molecule has 94 valence electrons. The van der Waals surface area contributed by atoms with Crippen LogP contribution in [0.5, 0.6) is 5.75 Å². The fourth-order valence-corrected chi connectivity index (χ4v) is 1.86. The molecule has 1 aromatic carbocycles. The van der Waals surface area contributed by atoms with Crippen molar-refractivity contribution in [2.45, 2.75) is 12.1 Å². The van der Waals surface area contributed by atoms with E-state index in [9.17, 15) is 9.18 Å². The van der Waals surface area contributed by atoms with E-state index in [2.05, 4.69) is 15.2 Å². The third kappa shape index (κ3) is 2.86. The van der Waals surface area contributed by atoms with Gasteiger partial charge in [-0.1, -0.05) is 11.8 Å². The average Bonchev–Trinajstić information content (AvgIpc) is 2.79. The molecule has 0 aliphatic carbocycles. The van der Waals surface area contributed by atoms with E-state index in [0.29, 0.717) is 22.3 Å². The molecule has 0 aliphatic rings. The van der Waals surface area contributed by atoms with Crippen LogP contribution in [0.25, 0.3) is 11.4 Å². The van der Waals surface area contributed by atoms with E-state index in [1.807, 2.05) is 0 Å². The zero-order chi connectivity index (χ0) is 13.1. The number of phenolic OH excluding ortho intramolecular Hbond substituents is 1. The number of H-pyrrole nitrogens is 1. The minimum Gasteiger partial charge on any atom is -0.505 e. The largest absolute Gasteiger partial charge is 0.505 e. The van der Waals surface area contributed by atoms with Crippen LogP contribution in [0.3, 0.4) is 0 Å². The van der Waals surface area contributed by atoms with Crippen molar-refractivity contribution >= 4 is 17.5 Å². The molecule has 0 fully saturated rings. The Morgan fingerprint density at radius 1 is 1.56 bits per heavy atom. The number of benzene rings is 1. The van der Waals surface area contributed by atoms with Crippen LogP contribution in [0.15, 0.2) is 23.4 Å². The number of ketones is 1. The lowest BCUT2D eigenvalue weighted by Gasteiger charge is -1.98. The van der Waals surface area contributed by atoms with Gasteiger partial charge in [0.15, 0.2) is 17.4 Å². The van der Waals surface area contributed by atoms with Gasteiger partial charge in [-0.3, -0.25) is 9.89 Å². The molecule has 0 saturated heterocycles. The molecule has 0 bridgehead atoms. The number of Topliss-reactive ketones (excluding diaryl/α,β-unsaturated/α-hetero) is 1. The third-order valence-corrected chi connectivity index (χ3v) is 3.08. The van der Waals surface area contributed by atoms with Gasteiger partial charge in [0.25, 0.3) is 0 Å². The molecule has 7 heteroatoms. The summed E-state index contributed by atoms with van der Waals surface area (Å²) in [5.74, 6) is -0.422. The number of nitrogens with zero attached hydrogens (tertiary/aromatic N) is 2. The molecule has 5 nitrogen and oxygen atoms in total. The summed E-state index contributed by atoms with van der Waals surface area (Å²) >= 11 is 1.21. The molecule has 0 aliphatic heterocycles. The first-order chi connectivity index (χ1) is 8.56. The number of aromatic hydroxyl groups is 1. The van der Waals surface area contributed by atoms with Crippen LogP contribution in [0.1, 0.15) is 6.92 Å². The Bertz CT molecular complexity index is 585. The van der Waals surface area contributed by atoms with Gasteiger partial charge in [-0.15, -0.1) is 5.10 Å². The van der Waals surface area contributed by atoms with Crippen molar-refractivity contribution in [3.8, 4) is 17.1 Å². The van der Waals surface area contributed by atoms with Crippen LogP contribution >= 0.6 is 11.8 Å². The fourth-order valence-electron chi connectivity index (χ4n) is 1.26. The van der Waals surface area contributed by atoms with Gasteiger partial charge in [-0.2, -0.15) is 0 Å². The lowest BCUT2D eigenvalue weighted by atomic mass is 10.2. The van der Waals surface area contributed by atoms with E-state index in [1.165, 1.54) is 30.8 Å². The molecule has 0 spiro atoms. The number of hydrogen-bond donors (Lipinski definition) is 2. The number of hydrogen-bond acceptors (Lipinski definition) is 5. The normalized spacial score (nSPS) is 10.6.